The van der Waals surface area contributed by atoms with Gasteiger partial charge in [-0.1, -0.05) is 0 Å². The molecule has 0 radical (unpaired) electrons. The Bertz CT molecular complexity index is 1110. The molecule has 1 aromatic heterocycles. The number of amidine groups is 1. The van der Waals surface area contributed by atoms with Crippen molar-refractivity contribution in [3.8, 4) is 6.19 Å². The fourth-order valence-corrected chi connectivity index (χ4v) is 5.01. The molecule has 36 heavy (non-hydrogen) atoms. The summed E-state index contributed by atoms with van der Waals surface area (Å²) >= 11 is 4.65. The third kappa shape index (κ3) is 7.11. The number of nitrogens with zero attached hydrogens (tertiary/aromatic N) is 3. The van der Waals surface area contributed by atoms with Crippen LogP contribution in [0.2, 0.25) is 0 Å². The maximum atomic E-state index is 13.2. The number of benzene rings is 1. The van der Waals surface area contributed by atoms with E-state index in [0.717, 1.165) is 9.47 Å². The van der Waals surface area contributed by atoms with Gasteiger partial charge in [-0.15, -0.1) is 11.3 Å². The van der Waals surface area contributed by atoms with Gasteiger partial charge in [-0.25, -0.2) is 0 Å². The lowest BCUT2D eigenvalue weighted by Crippen LogP contribution is -2.57. The fraction of sp³-hybridized carbons (Fsp3) is 0.417. The number of nitrogens with one attached hydrogen (secondary N) is 2. The number of ether oxygens (including phenoxy) is 3. The molecule has 4 rings (SSSR count). The molecule has 0 spiro atoms. The number of amides is 2. The van der Waals surface area contributed by atoms with Crippen molar-refractivity contribution in [1.82, 2.24) is 5.32 Å². The molecule has 2 aliphatic rings. The van der Waals surface area contributed by atoms with Crippen LogP contribution in [0, 0.1) is 11.5 Å². The molecule has 0 saturated carbocycles. The second-order valence-electron chi connectivity index (χ2n) is 7.99. The summed E-state index contributed by atoms with van der Waals surface area (Å²) in [5.74, 6) is 0.0118. The molecule has 2 N–H and O–H groups in total. The summed E-state index contributed by atoms with van der Waals surface area (Å²) in [6, 6.07) is 10.8. The minimum Gasteiger partial charge on any atom is -0.388 e. The first-order chi connectivity index (χ1) is 17.4. The standard InChI is InChI=1S/C22H22BrN5O4S.C2H6O/c23-18-6-5-17(33-18)20(29)27-22(8-11-32-13-22)21(30)26-15-1-3-16(4-2-15)28-9-12-31-10-7-19(28)25-14-24;1-3-2/h1-6H,7-13H2,(H,26,30)(H,27,29);1-2H3/t22-;/m0./s1. The summed E-state index contributed by atoms with van der Waals surface area (Å²) in [5, 5.41) is 14.8. The highest BCUT2D eigenvalue weighted by Crippen LogP contribution is 2.26. The summed E-state index contributed by atoms with van der Waals surface area (Å²) in [4.78, 5) is 32.3. The van der Waals surface area contributed by atoms with E-state index in [2.05, 4.69) is 36.3 Å². The average Bonchev–Trinajstić information content (AvgIpc) is 3.46. The van der Waals surface area contributed by atoms with Crippen molar-refractivity contribution in [3.63, 3.8) is 0 Å². The Balaban J connectivity index is 0.00000115. The number of rotatable bonds is 5. The van der Waals surface area contributed by atoms with E-state index in [1.807, 2.05) is 23.2 Å². The number of hydrogen-bond donors (Lipinski definition) is 2. The van der Waals surface area contributed by atoms with E-state index in [1.54, 1.807) is 38.5 Å². The number of carbonyl (C=O) groups is 2. The van der Waals surface area contributed by atoms with Crippen molar-refractivity contribution in [2.75, 3.05) is 57.4 Å². The smallest absolute Gasteiger partial charge is 0.262 e. The maximum absolute atomic E-state index is 13.2. The van der Waals surface area contributed by atoms with Crippen LogP contribution in [0.5, 0.6) is 0 Å². The van der Waals surface area contributed by atoms with Gasteiger partial charge < -0.3 is 29.7 Å². The van der Waals surface area contributed by atoms with Crippen molar-refractivity contribution >= 4 is 56.3 Å². The second-order valence-corrected chi connectivity index (χ2v) is 10.5. The number of carbonyl (C=O) groups excluding carboxylic acids is 2. The number of thiophene rings is 1. The summed E-state index contributed by atoms with van der Waals surface area (Å²) in [6.45, 7) is 2.13. The maximum Gasteiger partial charge on any atom is 0.262 e. The van der Waals surface area contributed by atoms with Gasteiger partial charge in [0.1, 0.15) is 11.4 Å². The minimum absolute atomic E-state index is 0.108. The molecule has 0 aliphatic carbocycles. The lowest BCUT2D eigenvalue weighted by molar-refractivity contribution is -0.122. The molecule has 10 nitrogen and oxygen atoms in total. The predicted molar refractivity (Wildman–Crippen MR) is 141 cm³/mol. The van der Waals surface area contributed by atoms with E-state index < -0.39 is 5.54 Å². The monoisotopic (exact) mass is 577 g/mol. The zero-order valence-corrected chi connectivity index (χ0v) is 22.5. The first-order valence-electron chi connectivity index (χ1n) is 11.2. The number of methoxy groups -OCH3 is 1. The van der Waals surface area contributed by atoms with E-state index in [-0.39, 0.29) is 18.4 Å². The first kappa shape index (κ1) is 27.8. The zero-order chi connectivity index (χ0) is 26.0. The van der Waals surface area contributed by atoms with Crippen LogP contribution in [0.15, 0.2) is 45.2 Å². The van der Waals surface area contributed by atoms with Gasteiger partial charge in [-0.2, -0.15) is 10.3 Å². The van der Waals surface area contributed by atoms with Crippen LogP contribution in [0.1, 0.15) is 22.5 Å². The molecular weight excluding hydrogens is 550 g/mol. The number of halogens is 1. The third-order valence-corrected chi connectivity index (χ3v) is 7.09. The molecule has 2 aromatic rings. The van der Waals surface area contributed by atoms with Gasteiger partial charge in [0.2, 0.25) is 6.19 Å². The van der Waals surface area contributed by atoms with E-state index in [4.69, 9.17) is 14.7 Å². The summed E-state index contributed by atoms with van der Waals surface area (Å²) in [5.41, 5.74) is 0.303. The number of hydrogen-bond acceptors (Lipinski definition) is 8. The van der Waals surface area contributed by atoms with Gasteiger partial charge in [0.25, 0.3) is 11.8 Å². The normalized spacial score (nSPS) is 20.6. The molecule has 2 fully saturated rings. The Kier molecular flexibility index (Phi) is 10.4. The van der Waals surface area contributed by atoms with Gasteiger partial charge >= 0.3 is 0 Å². The van der Waals surface area contributed by atoms with Gasteiger partial charge in [-0.3, -0.25) is 9.59 Å². The first-order valence-corrected chi connectivity index (χ1v) is 12.8. The number of anilines is 2. The fourth-order valence-electron chi connectivity index (χ4n) is 3.73. The highest BCUT2D eigenvalue weighted by molar-refractivity contribution is 9.11. The zero-order valence-electron chi connectivity index (χ0n) is 20.1. The van der Waals surface area contributed by atoms with Crippen molar-refractivity contribution in [3.05, 3.63) is 45.1 Å². The molecule has 0 unspecified atom stereocenters. The molecule has 3 heterocycles. The quantitative estimate of drug-likeness (QED) is 0.521. The Morgan fingerprint density at radius 3 is 2.53 bits per heavy atom. The largest absolute Gasteiger partial charge is 0.388 e. The van der Waals surface area contributed by atoms with E-state index in [9.17, 15) is 9.59 Å². The van der Waals surface area contributed by atoms with Crippen LogP contribution in [0.25, 0.3) is 0 Å². The van der Waals surface area contributed by atoms with Gasteiger partial charge in [0.15, 0.2) is 0 Å². The van der Waals surface area contributed by atoms with Gasteiger partial charge in [0.05, 0.1) is 28.5 Å². The highest BCUT2D eigenvalue weighted by atomic mass is 79.9. The van der Waals surface area contributed by atoms with Gasteiger partial charge in [-0.05, 0) is 52.3 Å². The SMILES string of the molecule is COC.N#CN=C1CCOCCN1c1ccc(NC(=O)[C@]2(NC(=O)c3ccc(Br)s3)CCOC2)cc1. The van der Waals surface area contributed by atoms with Crippen molar-refractivity contribution < 1.29 is 23.8 Å². The minimum atomic E-state index is -1.14. The van der Waals surface area contributed by atoms with Crippen LogP contribution in [-0.2, 0) is 19.0 Å². The molecule has 2 amide bonds. The van der Waals surface area contributed by atoms with E-state index in [1.165, 1.54) is 11.3 Å². The number of aliphatic imine (C=N–C) groups is 1. The van der Waals surface area contributed by atoms with E-state index >= 15 is 0 Å². The van der Waals surface area contributed by atoms with Crippen LogP contribution in [-0.4, -0.2) is 70.4 Å². The molecular formula is C24H28BrN5O5S. The lowest BCUT2D eigenvalue weighted by Gasteiger charge is -2.27. The van der Waals surface area contributed by atoms with Gasteiger partial charge in [0, 0.05) is 51.6 Å². The molecule has 192 valence electrons. The number of nitriles is 1. The third-order valence-electron chi connectivity index (χ3n) is 5.46. The predicted octanol–water partition coefficient (Wildman–Crippen LogP) is 3.41. The molecule has 2 aliphatic heterocycles. The van der Waals surface area contributed by atoms with Crippen molar-refractivity contribution in [2.45, 2.75) is 18.4 Å². The van der Waals surface area contributed by atoms with Crippen LogP contribution in [0.4, 0.5) is 11.4 Å². The summed E-state index contributed by atoms with van der Waals surface area (Å²) in [6.07, 6.45) is 2.79. The van der Waals surface area contributed by atoms with Crippen molar-refractivity contribution in [1.29, 1.82) is 5.26 Å². The Morgan fingerprint density at radius 2 is 1.92 bits per heavy atom. The topological polar surface area (TPSA) is 125 Å². The summed E-state index contributed by atoms with van der Waals surface area (Å²) in [7, 11) is 3.25. The van der Waals surface area contributed by atoms with E-state index in [0.29, 0.717) is 55.6 Å². The lowest BCUT2D eigenvalue weighted by atomic mass is 9.97. The Hall–Kier alpha value is -2.82. The molecule has 1 aromatic carbocycles. The molecule has 2 saturated heterocycles. The highest BCUT2D eigenvalue weighted by Gasteiger charge is 2.44. The average molecular weight is 578 g/mol. The molecule has 1 atom stereocenters. The Morgan fingerprint density at radius 1 is 1.17 bits per heavy atom. The van der Waals surface area contributed by atoms with Crippen LogP contribution < -0.4 is 15.5 Å². The summed E-state index contributed by atoms with van der Waals surface area (Å²) < 4.78 is 16.1. The molecule has 12 heteroatoms. The van der Waals surface area contributed by atoms with Crippen LogP contribution in [0.3, 0.4) is 0 Å². The molecule has 0 bridgehead atoms. The van der Waals surface area contributed by atoms with Crippen molar-refractivity contribution in [2.24, 2.45) is 4.99 Å². The Labute approximate surface area is 222 Å². The second kappa shape index (κ2) is 13.5. The van der Waals surface area contributed by atoms with Crippen LogP contribution >= 0.6 is 27.3 Å².